The van der Waals surface area contributed by atoms with Crippen LogP contribution in [-0.2, 0) is 34.1 Å². The van der Waals surface area contributed by atoms with Gasteiger partial charge in [0.15, 0.2) is 10.3 Å². The van der Waals surface area contributed by atoms with Gasteiger partial charge >= 0.3 is 16.2 Å². The van der Waals surface area contributed by atoms with Crippen molar-refractivity contribution in [2.24, 2.45) is 5.73 Å². The molecular formula is C32H33ClF3N6O3S2+. The van der Waals surface area contributed by atoms with Gasteiger partial charge in [-0.05, 0) is 54.1 Å². The van der Waals surface area contributed by atoms with Gasteiger partial charge < -0.3 is 10.6 Å². The van der Waals surface area contributed by atoms with Gasteiger partial charge in [0.05, 0.1) is 22.1 Å². The Kier molecular flexibility index (Phi) is 9.33. The number of piperazine rings is 1. The highest BCUT2D eigenvalue weighted by Gasteiger charge is 2.55. The maximum absolute atomic E-state index is 14.3. The minimum Gasteiger partial charge on any atom is -0.364 e. The number of benzene rings is 1. The highest BCUT2D eigenvalue weighted by molar-refractivity contribution is 7.88. The average Bonchev–Trinajstić information content (AvgIpc) is 3.69. The van der Waals surface area contributed by atoms with Crippen LogP contribution in [0.1, 0.15) is 29.5 Å². The molecule has 1 amide bonds. The molecule has 4 aromatic rings. The second-order valence-corrected chi connectivity index (χ2v) is 15.9. The lowest BCUT2D eigenvalue weighted by atomic mass is 10.1. The summed E-state index contributed by atoms with van der Waals surface area (Å²) in [6, 6.07) is 14.1. The number of halogens is 4. The van der Waals surface area contributed by atoms with Crippen molar-refractivity contribution in [1.29, 1.82) is 0 Å². The normalized spacial score (nSPS) is 20.9. The lowest BCUT2D eigenvalue weighted by Crippen LogP contribution is -2.59. The van der Waals surface area contributed by atoms with Crippen molar-refractivity contribution in [1.82, 2.24) is 14.9 Å². The van der Waals surface area contributed by atoms with Gasteiger partial charge in [0.1, 0.15) is 12.4 Å². The van der Waals surface area contributed by atoms with Gasteiger partial charge in [-0.15, -0.1) is 11.3 Å². The molecule has 2 atom stereocenters. The third-order valence-corrected chi connectivity index (χ3v) is 12.9. The van der Waals surface area contributed by atoms with Crippen molar-refractivity contribution in [3.8, 4) is 11.3 Å². The fourth-order valence-corrected chi connectivity index (χ4v) is 10.4. The fraction of sp³-hybridized carbons (Fsp3) is 0.344. The number of hydrogen-bond donors (Lipinski definition) is 1. The van der Waals surface area contributed by atoms with E-state index in [4.69, 9.17) is 22.3 Å². The molecule has 2 saturated heterocycles. The molecule has 6 rings (SSSR count). The number of carbonyl (C=O) groups excluding carboxylic acids is 1. The third-order valence-electron chi connectivity index (χ3n) is 8.87. The lowest BCUT2D eigenvalue weighted by molar-refractivity contribution is -0.823. The first kappa shape index (κ1) is 33.3. The molecule has 3 aromatic heterocycles. The van der Waals surface area contributed by atoms with E-state index in [1.807, 2.05) is 18.2 Å². The van der Waals surface area contributed by atoms with Gasteiger partial charge in [0.25, 0.3) is 5.91 Å². The SMILES string of the molecule is NC(=O)[C@@H]1CCC[N+]1(Cc1cc(-c2ccc(C(F)(F)F)cc2)nc(N2CCN(Cc3ccncc3)CC2)c1)S(=O)(=O)c1ccc(Cl)s1. The number of thiophene rings is 1. The zero-order valence-electron chi connectivity index (χ0n) is 25.2. The van der Waals surface area contributed by atoms with Gasteiger partial charge in [0.2, 0.25) is 0 Å². The molecule has 0 radical (unpaired) electrons. The monoisotopic (exact) mass is 705 g/mol. The first-order valence-electron chi connectivity index (χ1n) is 15.1. The summed E-state index contributed by atoms with van der Waals surface area (Å²) in [6.45, 7) is 3.57. The third kappa shape index (κ3) is 6.88. The number of pyridine rings is 2. The summed E-state index contributed by atoms with van der Waals surface area (Å²) >= 11 is 7.06. The van der Waals surface area contributed by atoms with Crippen LogP contribution in [0.25, 0.3) is 11.3 Å². The number of quaternary nitrogens is 1. The number of amides is 1. The van der Waals surface area contributed by atoms with E-state index < -0.39 is 37.6 Å². The molecule has 1 aromatic carbocycles. The highest BCUT2D eigenvalue weighted by atomic mass is 35.5. The standard InChI is InChI=1S/C32H32ClF3N6O3S2/c33-28-7-8-30(46-28)47(44,45)42(17-1-2-27(42)31(37)43)21-23-18-26(24-3-5-25(6-4-24)32(34,35)36)39-29(19-23)41-15-13-40(14-16-41)20-22-9-11-38-12-10-22/h3-12,18-19,27H,1-2,13-17,20-21H2,(H-,37,43)/p+1/t27-,42?/m0/s1. The van der Waals surface area contributed by atoms with E-state index in [0.717, 1.165) is 48.7 Å². The van der Waals surface area contributed by atoms with E-state index in [1.165, 1.54) is 24.3 Å². The summed E-state index contributed by atoms with van der Waals surface area (Å²) < 4.78 is 68.4. The summed E-state index contributed by atoms with van der Waals surface area (Å²) in [6.07, 6.45) is -0.208. The van der Waals surface area contributed by atoms with E-state index >= 15 is 0 Å². The molecule has 2 aliphatic rings. The molecule has 47 heavy (non-hydrogen) atoms. The lowest BCUT2D eigenvalue weighted by Gasteiger charge is -2.37. The van der Waals surface area contributed by atoms with Crippen LogP contribution in [0.2, 0.25) is 4.34 Å². The fourth-order valence-electron chi connectivity index (χ4n) is 6.49. The molecule has 2 fully saturated rings. The minimum atomic E-state index is -4.50. The minimum absolute atomic E-state index is 0.0400. The summed E-state index contributed by atoms with van der Waals surface area (Å²) in [5, 5.41) is 0. The number of rotatable bonds is 9. The summed E-state index contributed by atoms with van der Waals surface area (Å²) in [7, 11) is -4.15. The molecule has 0 spiro atoms. The van der Waals surface area contributed by atoms with Gasteiger partial charge in [0, 0.05) is 69.1 Å². The molecule has 1 unspecified atom stereocenters. The van der Waals surface area contributed by atoms with Crippen LogP contribution < -0.4 is 10.6 Å². The van der Waals surface area contributed by atoms with Crippen molar-refractivity contribution in [3.05, 3.63) is 94.1 Å². The first-order valence-corrected chi connectivity index (χ1v) is 17.7. The summed E-state index contributed by atoms with van der Waals surface area (Å²) in [5.74, 6) is -0.137. The molecule has 0 bridgehead atoms. The van der Waals surface area contributed by atoms with E-state index in [0.29, 0.717) is 52.9 Å². The van der Waals surface area contributed by atoms with Gasteiger partial charge in [-0.1, -0.05) is 23.7 Å². The van der Waals surface area contributed by atoms with Crippen LogP contribution in [0, 0.1) is 0 Å². The Labute approximate surface area is 280 Å². The number of likely N-dealkylation sites (tertiary alicyclic amines) is 1. The zero-order valence-corrected chi connectivity index (χ0v) is 27.6. The average molecular weight is 706 g/mol. The Bertz CT molecular complexity index is 1850. The van der Waals surface area contributed by atoms with E-state index in [-0.39, 0.29) is 17.3 Å². The summed E-state index contributed by atoms with van der Waals surface area (Å²) in [4.78, 5) is 26.1. The van der Waals surface area contributed by atoms with Crippen molar-refractivity contribution in [2.45, 2.75) is 42.4 Å². The van der Waals surface area contributed by atoms with E-state index in [9.17, 15) is 26.4 Å². The molecule has 2 N–H and O–H groups in total. The number of hydrogen-bond acceptors (Lipinski definition) is 8. The van der Waals surface area contributed by atoms with Crippen LogP contribution in [0.3, 0.4) is 0 Å². The number of nitrogens with two attached hydrogens (primary N) is 1. The summed E-state index contributed by atoms with van der Waals surface area (Å²) in [5.41, 5.74) is 7.61. The van der Waals surface area contributed by atoms with Crippen LogP contribution in [0.15, 0.2) is 77.3 Å². The van der Waals surface area contributed by atoms with Crippen molar-refractivity contribution >= 4 is 44.7 Å². The van der Waals surface area contributed by atoms with Gasteiger partial charge in [-0.25, -0.2) is 4.98 Å². The number of primary amides is 1. The van der Waals surface area contributed by atoms with Crippen molar-refractivity contribution in [3.63, 3.8) is 0 Å². The smallest absolute Gasteiger partial charge is 0.364 e. The molecule has 248 valence electrons. The molecule has 15 heteroatoms. The van der Waals surface area contributed by atoms with Crippen LogP contribution >= 0.6 is 22.9 Å². The number of alkyl halides is 3. The second-order valence-electron chi connectivity index (χ2n) is 11.8. The van der Waals surface area contributed by atoms with Crippen LogP contribution in [0.4, 0.5) is 19.0 Å². The van der Waals surface area contributed by atoms with Crippen LogP contribution in [0.5, 0.6) is 0 Å². The maximum Gasteiger partial charge on any atom is 0.416 e. The van der Waals surface area contributed by atoms with E-state index in [2.05, 4.69) is 14.8 Å². The molecular weight excluding hydrogens is 673 g/mol. The quantitative estimate of drug-likeness (QED) is 0.228. The molecule has 2 aliphatic heterocycles. The Hall–Kier alpha value is -3.56. The number of nitrogens with zero attached hydrogens (tertiary/aromatic N) is 5. The Morgan fingerprint density at radius 2 is 1.70 bits per heavy atom. The van der Waals surface area contributed by atoms with Gasteiger partial charge in [-0.3, -0.25) is 14.7 Å². The predicted octanol–water partition coefficient (Wildman–Crippen LogP) is 5.55. The van der Waals surface area contributed by atoms with Crippen molar-refractivity contribution in [2.75, 3.05) is 37.6 Å². The highest BCUT2D eigenvalue weighted by Crippen LogP contribution is 2.41. The molecule has 0 saturated carbocycles. The second kappa shape index (κ2) is 13.2. The Balaban J connectivity index is 1.38. The van der Waals surface area contributed by atoms with E-state index in [1.54, 1.807) is 18.5 Å². The maximum atomic E-state index is 14.3. The number of sulfonamides is 1. The topological polar surface area (TPSA) is 109 Å². The molecule has 5 heterocycles. The van der Waals surface area contributed by atoms with Crippen molar-refractivity contribution < 1.29 is 30.3 Å². The zero-order chi connectivity index (χ0) is 33.4. The Morgan fingerprint density at radius 3 is 2.32 bits per heavy atom. The number of carbonyl (C=O) groups is 1. The Morgan fingerprint density at radius 1 is 1.00 bits per heavy atom. The van der Waals surface area contributed by atoms with Crippen LogP contribution in [-0.4, -0.2) is 71.8 Å². The predicted molar refractivity (Wildman–Crippen MR) is 174 cm³/mol. The molecule has 9 nitrogen and oxygen atoms in total. The molecule has 0 aliphatic carbocycles. The van der Waals surface area contributed by atoms with Gasteiger partial charge in [-0.2, -0.15) is 25.5 Å². The largest absolute Gasteiger partial charge is 0.416 e. The number of aromatic nitrogens is 2. The first-order chi connectivity index (χ1) is 22.4. The number of anilines is 1.